The van der Waals surface area contributed by atoms with E-state index < -0.39 is 11.5 Å². The van der Waals surface area contributed by atoms with E-state index >= 15 is 0 Å². The third kappa shape index (κ3) is 3.83. The number of anilines is 1. The SMILES string of the molecule is Cc1ccc(CCNc2cnn(C34C[C@@H]5C[C@@H](CC(CC(=O)O)(C5)C3)C4)c(=O)c2Cl)cc1. The molecule has 0 saturated heterocycles. The fraction of sp³-hybridized carbons (Fsp3) is 0.560. The molecule has 1 aromatic carbocycles. The Morgan fingerprint density at radius 1 is 1.22 bits per heavy atom. The fourth-order valence-corrected chi connectivity index (χ4v) is 7.36. The minimum Gasteiger partial charge on any atom is -0.481 e. The lowest BCUT2D eigenvalue weighted by molar-refractivity contribution is -0.151. The first-order valence-electron chi connectivity index (χ1n) is 11.6. The van der Waals surface area contributed by atoms with Gasteiger partial charge in [0.2, 0.25) is 0 Å². The van der Waals surface area contributed by atoms with E-state index in [4.69, 9.17) is 11.6 Å². The molecule has 6 nitrogen and oxygen atoms in total. The number of hydrogen-bond acceptors (Lipinski definition) is 4. The first-order chi connectivity index (χ1) is 15.3. The molecule has 0 spiro atoms. The van der Waals surface area contributed by atoms with Crippen LogP contribution in [0.5, 0.6) is 0 Å². The lowest BCUT2D eigenvalue weighted by Gasteiger charge is -2.61. The summed E-state index contributed by atoms with van der Waals surface area (Å²) >= 11 is 6.53. The zero-order chi connectivity index (χ0) is 22.5. The number of nitrogens with zero attached hydrogens (tertiary/aromatic N) is 2. The summed E-state index contributed by atoms with van der Waals surface area (Å²) in [5, 5.41) is 17.6. The Balaban J connectivity index is 1.36. The van der Waals surface area contributed by atoms with Crippen LogP contribution < -0.4 is 10.9 Å². The number of hydrogen-bond donors (Lipinski definition) is 2. The summed E-state index contributed by atoms with van der Waals surface area (Å²) in [6.45, 7) is 2.72. The molecule has 0 aliphatic heterocycles. The molecule has 4 bridgehead atoms. The highest BCUT2D eigenvalue weighted by Gasteiger charge is 2.59. The van der Waals surface area contributed by atoms with Crippen LogP contribution in [0, 0.1) is 24.2 Å². The number of carboxylic acid groups (broad SMARTS) is 1. The van der Waals surface area contributed by atoms with Gasteiger partial charge in [0.15, 0.2) is 0 Å². The van der Waals surface area contributed by atoms with Crippen LogP contribution >= 0.6 is 11.6 Å². The molecule has 2 aromatic rings. The van der Waals surface area contributed by atoms with E-state index in [1.54, 1.807) is 10.9 Å². The van der Waals surface area contributed by atoms with Gasteiger partial charge in [0.1, 0.15) is 5.02 Å². The third-order valence-corrected chi connectivity index (χ3v) is 8.26. The van der Waals surface area contributed by atoms with Crippen LogP contribution in [0.3, 0.4) is 0 Å². The largest absolute Gasteiger partial charge is 0.481 e. The molecule has 7 heteroatoms. The van der Waals surface area contributed by atoms with Crippen LogP contribution in [0.1, 0.15) is 56.1 Å². The molecule has 32 heavy (non-hydrogen) atoms. The summed E-state index contributed by atoms with van der Waals surface area (Å²) in [5.41, 5.74) is 2.13. The number of carbonyl (C=O) groups is 1. The lowest BCUT2D eigenvalue weighted by atomic mass is 9.46. The first kappa shape index (κ1) is 21.5. The van der Waals surface area contributed by atoms with Crippen molar-refractivity contribution < 1.29 is 9.90 Å². The van der Waals surface area contributed by atoms with Crippen molar-refractivity contribution in [2.24, 2.45) is 17.3 Å². The number of benzene rings is 1. The minimum absolute atomic E-state index is 0.173. The number of rotatable bonds is 7. The summed E-state index contributed by atoms with van der Waals surface area (Å²) < 4.78 is 1.61. The number of carboxylic acids is 1. The molecule has 0 amide bonds. The van der Waals surface area contributed by atoms with Gasteiger partial charge in [0.05, 0.1) is 23.8 Å². The second-order valence-corrected chi connectivity index (χ2v) is 10.9. The maximum atomic E-state index is 13.3. The standard InChI is InChI=1S/C25H30ClN3O3/c1-16-2-4-17(5-3-16)6-7-27-20-14-28-29(23(32)22(20)26)25-11-18-8-19(12-25)10-24(9-18,15-25)13-21(30)31/h2-5,14,18-19,27H,6-13,15H2,1H3,(H,30,31)/t18-,19+,24?,25?. The highest BCUT2D eigenvalue weighted by molar-refractivity contribution is 6.32. The molecule has 4 atom stereocenters. The zero-order valence-electron chi connectivity index (χ0n) is 18.4. The van der Waals surface area contributed by atoms with E-state index in [0.29, 0.717) is 30.5 Å². The van der Waals surface area contributed by atoms with E-state index in [1.165, 1.54) is 11.1 Å². The minimum atomic E-state index is -0.742. The van der Waals surface area contributed by atoms with E-state index in [1.807, 2.05) is 0 Å². The summed E-state index contributed by atoms with van der Waals surface area (Å²) in [4.78, 5) is 24.9. The third-order valence-electron chi connectivity index (χ3n) is 7.90. The molecule has 4 saturated carbocycles. The number of halogens is 1. The Morgan fingerprint density at radius 2 is 1.91 bits per heavy atom. The molecule has 0 radical (unpaired) electrons. The van der Waals surface area contributed by atoms with Gasteiger partial charge in [-0.2, -0.15) is 5.10 Å². The van der Waals surface area contributed by atoms with E-state index in [-0.39, 0.29) is 22.4 Å². The Hall–Kier alpha value is -2.34. The Bertz CT molecular complexity index is 1080. The smallest absolute Gasteiger partial charge is 0.303 e. The van der Waals surface area contributed by atoms with Crippen LogP contribution in [-0.2, 0) is 16.8 Å². The Kier molecular flexibility index (Phi) is 5.31. The van der Waals surface area contributed by atoms with Crippen LogP contribution in [0.15, 0.2) is 35.3 Å². The molecule has 170 valence electrons. The molecule has 4 fully saturated rings. The lowest BCUT2D eigenvalue weighted by Crippen LogP contribution is -2.59. The molecule has 4 aliphatic rings. The molecular formula is C25H30ClN3O3. The molecule has 2 unspecified atom stereocenters. The number of aromatic nitrogens is 2. The molecule has 2 N–H and O–H groups in total. The van der Waals surface area contributed by atoms with Crippen LogP contribution in [0.25, 0.3) is 0 Å². The predicted octanol–water partition coefficient (Wildman–Crippen LogP) is 4.63. The maximum absolute atomic E-state index is 13.3. The monoisotopic (exact) mass is 455 g/mol. The highest BCUT2D eigenvalue weighted by Crippen LogP contribution is 2.65. The molecule has 6 rings (SSSR count). The van der Waals surface area contributed by atoms with E-state index in [2.05, 4.69) is 41.6 Å². The van der Waals surface area contributed by atoms with Crippen molar-refractivity contribution in [1.82, 2.24) is 9.78 Å². The molecule has 1 heterocycles. The van der Waals surface area contributed by atoms with E-state index in [0.717, 1.165) is 38.5 Å². The average molecular weight is 456 g/mol. The van der Waals surface area contributed by atoms with Crippen LogP contribution in [0.2, 0.25) is 5.02 Å². The van der Waals surface area contributed by atoms with Gasteiger partial charge in [0, 0.05) is 6.54 Å². The van der Waals surface area contributed by atoms with Gasteiger partial charge < -0.3 is 10.4 Å². The highest BCUT2D eigenvalue weighted by atomic mass is 35.5. The number of aryl methyl sites for hydroxylation is 1. The second kappa shape index (κ2) is 7.91. The first-order valence-corrected chi connectivity index (χ1v) is 11.9. The van der Waals surface area contributed by atoms with Crippen LogP contribution in [0.4, 0.5) is 5.69 Å². The van der Waals surface area contributed by atoms with Gasteiger partial charge in [-0.05, 0) is 74.7 Å². The van der Waals surface area contributed by atoms with Crippen molar-refractivity contribution in [3.8, 4) is 0 Å². The maximum Gasteiger partial charge on any atom is 0.303 e. The number of nitrogens with one attached hydrogen (secondary N) is 1. The zero-order valence-corrected chi connectivity index (χ0v) is 19.2. The molecular weight excluding hydrogens is 426 g/mol. The van der Waals surface area contributed by atoms with Gasteiger partial charge in [-0.25, -0.2) is 4.68 Å². The van der Waals surface area contributed by atoms with E-state index in [9.17, 15) is 14.7 Å². The van der Waals surface area contributed by atoms with Crippen molar-refractivity contribution in [2.45, 2.75) is 63.8 Å². The van der Waals surface area contributed by atoms with Gasteiger partial charge in [0.25, 0.3) is 5.56 Å². The van der Waals surface area contributed by atoms with Crippen molar-refractivity contribution in [3.05, 3.63) is 57.0 Å². The number of aliphatic carboxylic acids is 1. The summed E-state index contributed by atoms with van der Waals surface area (Å²) in [6, 6.07) is 8.39. The van der Waals surface area contributed by atoms with Gasteiger partial charge in [-0.1, -0.05) is 41.4 Å². The summed E-state index contributed by atoms with van der Waals surface area (Å²) in [5.74, 6) is 0.194. The Labute approximate surface area is 193 Å². The van der Waals surface area contributed by atoms with Gasteiger partial charge >= 0.3 is 5.97 Å². The topological polar surface area (TPSA) is 84.2 Å². The summed E-state index contributed by atoms with van der Waals surface area (Å²) in [6.07, 6.45) is 8.24. The average Bonchev–Trinajstić information content (AvgIpc) is 2.70. The predicted molar refractivity (Wildman–Crippen MR) is 124 cm³/mol. The van der Waals surface area contributed by atoms with Gasteiger partial charge in [-0.3, -0.25) is 9.59 Å². The Morgan fingerprint density at radius 3 is 2.56 bits per heavy atom. The normalized spacial score (nSPS) is 30.4. The van der Waals surface area contributed by atoms with Crippen molar-refractivity contribution in [2.75, 3.05) is 11.9 Å². The van der Waals surface area contributed by atoms with Gasteiger partial charge in [-0.15, -0.1) is 0 Å². The molecule has 1 aromatic heterocycles. The van der Waals surface area contributed by atoms with Crippen molar-refractivity contribution >= 4 is 23.3 Å². The second-order valence-electron chi connectivity index (χ2n) is 10.5. The van der Waals surface area contributed by atoms with Crippen molar-refractivity contribution in [3.63, 3.8) is 0 Å². The molecule has 4 aliphatic carbocycles. The fourth-order valence-electron chi connectivity index (χ4n) is 7.17. The van der Waals surface area contributed by atoms with Crippen LogP contribution in [-0.4, -0.2) is 27.4 Å². The summed E-state index contributed by atoms with van der Waals surface area (Å²) in [7, 11) is 0. The quantitative estimate of drug-likeness (QED) is 0.635. The van der Waals surface area contributed by atoms with Crippen molar-refractivity contribution in [1.29, 1.82) is 0 Å².